The minimum Gasteiger partial charge on any atom is -0.485 e. The maximum atomic E-state index is 13.5. The number of ether oxygens (including phenoxy) is 1. The maximum Gasteiger partial charge on any atom is 0.416 e. The van der Waals surface area contributed by atoms with Gasteiger partial charge in [0, 0.05) is 27.8 Å². The fourth-order valence-electron chi connectivity index (χ4n) is 3.64. The first-order chi connectivity index (χ1) is 16.1. The molecule has 0 bridgehead atoms. The van der Waals surface area contributed by atoms with Gasteiger partial charge in [-0.05, 0) is 48.2 Å². The third-order valence-electron chi connectivity index (χ3n) is 5.29. The van der Waals surface area contributed by atoms with E-state index in [1.54, 1.807) is 29.7 Å². The van der Waals surface area contributed by atoms with Gasteiger partial charge in [0.1, 0.15) is 17.7 Å². The largest absolute Gasteiger partial charge is 0.485 e. The number of amides is 1. The number of nitrogen functional groups attached to an aromatic ring is 1. The Morgan fingerprint density at radius 2 is 1.82 bits per heavy atom. The van der Waals surface area contributed by atoms with E-state index in [1.807, 2.05) is 23.6 Å². The molecule has 1 amide bonds. The molecule has 1 atom stereocenters. The van der Waals surface area contributed by atoms with Crippen LogP contribution in [0.25, 0.3) is 21.6 Å². The van der Waals surface area contributed by atoms with E-state index in [2.05, 4.69) is 4.98 Å². The van der Waals surface area contributed by atoms with Crippen LogP contribution in [0.3, 0.4) is 0 Å². The van der Waals surface area contributed by atoms with Crippen LogP contribution >= 0.6 is 11.3 Å². The number of nitrogens with zero attached hydrogens (tertiary/aromatic N) is 1. The number of alkyl halides is 3. The molecule has 0 aliphatic carbocycles. The third-order valence-corrected chi connectivity index (χ3v) is 6.21. The van der Waals surface area contributed by atoms with Crippen LogP contribution in [0.15, 0.2) is 72.2 Å². The number of carbonyl (C=O) groups excluding carboxylic acids is 1. The second-order valence-corrected chi connectivity index (χ2v) is 8.50. The van der Waals surface area contributed by atoms with Gasteiger partial charge in [-0.3, -0.25) is 4.79 Å². The van der Waals surface area contributed by atoms with Gasteiger partial charge in [-0.2, -0.15) is 13.2 Å². The number of primary amides is 1. The summed E-state index contributed by atoms with van der Waals surface area (Å²) in [4.78, 5) is 17.3. The van der Waals surface area contributed by atoms with E-state index < -0.39 is 23.8 Å². The smallest absolute Gasteiger partial charge is 0.416 e. The molecule has 1 unspecified atom stereocenters. The van der Waals surface area contributed by atoms with Crippen LogP contribution in [0.2, 0.25) is 0 Å². The van der Waals surface area contributed by atoms with Gasteiger partial charge in [0.05, 0.1) is 11.1 Å². The van der Waals surface area contributed by atoms with Gasteiger partial charge in [-0.25, -0.2) is 4.98 Å². The van der Waals surface area contributed by atoms with Gasteiger partial charge in [0.15, 0.2) is 0 Å². The first-order valence-corrected chi connectivity index (χ1v) is 11.1. The molecule has 0 saturated heterocycles. The fourth-order valence-corrected chi connectivity index (χ4v) is 4.35. The Bertz CT molecular complexity index is 1340. The number of hydrogen-bond donors (Lipinski definition) is 2. The van der Waals surface area contributed by atoms with Gasteiger partial charge < -0.3 is 16.2 Å². The van der Waals surface area contributed by atoms with Crippen molar-refractivity contribution in [3.63, 3.8) is 0 Å². The molecule has 0 saturated carbocycles. The van der Waals surface area contributed by atoms with Gasteiger partial charge in [0.25, 0.3) is 5.91 Å². The van der Waals surface area contributed by atoms with Crippen LogP contribution in [0.4, 0.5) is 19.0 Å². The number of carbonyl (C=O) groups is 1. The molecule has 2 aromatic heterocycles. The molecule has 0 aliphatic heterocycles. The summed E-state index contributed by atoms with van der Waals surface area (Å²) in [5, 5.41) is 1.94. The van der Waals surface area contributed by atoms with E-state index in [1.165, 1.54) is 31.2 Å². The molecule has 9 heteroatoms. The Kier molecular flexibility index (Phi) is 6.30. The van der Waals surface area contributed by atoms with Gasteiger partial charge in [-0.15, -0.1) is 11.3 Å². The minimum atomic E-state index is -4.55. The van der Waals surface area contributed by atoms with Gasteiger partial charge >= 0.3 is 6.18 Å². The van der Waals surface area contributed by atoms with Gasteiger partial charge in [-0.1, -0.05) is 30.3 Å². The van der Waals surface area contributed by atoms with Crippen molar-refractivity contribution in [2.24, 2.45) is 5.73 Å². The summed E-state index contributed by atoms with van der Waals surface area (Å²) in [6, 6.07) is 15.5. The summed E-state index contributed by atoms with van der Waals surface area (Å²) in [5.74, 6) is -0.458. The molecule has 4 rings (SSSR count). The molecular formula is C25H20F3N3O2S. The summed E-state index contributed by atoms with van der Waals surface area (Å²) < 4.78 is 46.3. The van der Waals surface area contributed by atoms with E-state index in [0.29, 0.717) is 11.1 Å². The fraction of sp³-hybridized carbons (Fsp3) is 0.120. The van der Waals surface area contributed by atoms with E-state index in [0.717, 1.165) is 16.5 Å². The molecule has 0 aliphatic rings. The first-order valence-electron chi connectivity index (χ1n) is 10.2. The molecule has 0 spiro atoms. The number of nitrogens with two attached hydrogens (primary N) is 2. The van der Waals surface area contributed by atoms with Crippen molar-refractivity contribution in [3.8, 4) is 27.3 Å². The number of thiophene rings is 1. The number of hydrogen-bond acceptors (Lipinski definition) is 5. The Morgan fingerprint density at radius 3 is 2.50 bits per heavy atom. The van der Waals surface area contributed by atoms with Crippen molar-refractivity contribution in [1.29, 1.82) is 0 Å². The lowest BCUT2D eigenvalue weighted by molar-refractivity contribution is -0.139. The number of pyridine rings is 1. The Hall–Kier alpha value is -3.85. The number of benzene rings is 2. The zero-order valence-corrected chi connectivity index (χ0v) is 18.8. The molecule has 2 aromatic carbocycles. The van der Waals surface area contributed by atoms with Crippen molar-refractivity contribution in [1.82, 2.24) is 4.98 Å². The number of anilines is 1. The Morgan fingerprint density at radius 1 is 1.06 bits per heavy atom. The molecule has 34 heavy (non-hydrogen) atoms. The molecule has 174 valence electrons. The monoisotopic (exact) mass is 483 g/mol. The number of aromatic nitrogens is 1. The van der Waals surface area contributed by atoms with E-state index in [4.69, 9.17) is 16.2 Å². The molecule has 4 N–H and O–H groups in total. The minimum absolute atomic E-state index is 0.0426. The first kappa shape index (κ1) is 23.3. The highest BCUT2D eigenvalue weighted by Crippen LogP contribution is 2.38. The molecular weight excluding hydrogens is 463 g/mol. The van der Waals surface area contributed by atoms with E-state index in [9.17, 15) is 18.0 Å². The highest BCUT2D eigenvalue weighted by Gasteiger charge is 2.34. The summed E-state index contributed by atoms with van der Waals surface area (Å²) in [5.41, 5.74) is 12.8. The maximum absolute atomic E-state index is 13.5. The van der Waals surface area contributed by atoms with Crippen molar-refractivity contribution >= 4 is 23.1 Å². The van der Waals surface area contributed by atoms with Crippen LogP contribution in [0.5, 0.6) is 5.75 Å². The zero-order valence-electron chi connectivity index (χ0n) is 18.0. The quantitative estimate of drug-likeness (QED) is 0.336. The van der Waals surface area contributed by atoms with Crippen LogP contribution in [-0.2, 0) is 6.18 Å². The van der Waals surface area contributed by atoms with Crippen LogP contribution < -0.4 is 16.2 Å². The lowest BCUT2D eigenvalue weighted by atomic mass is 10.0. The average molecular weight is 484 g/mol. The molecule has 4 aromatic rings. The topological polar surface area (TPSA) is 91.2 Å². The van der Waals surface area contributed by atoms with E-state index in [-0.39, 0.29) is 22.7 Å². The summed E-state index contributed by atoms with van der Waals surface area (Å²) in [7, 11) is 0. The molecule has 0 radical (unpaired) electrons. The Labute approximate surface area is 197 Å². The normalized spacial score (nSPS) is 12.4. The highest BCUT2D eigenvalue weighted by atomic mass is 32.1. The Balaban J connectivity index is 1.75. The highest BCUT2D eigenvalue weighted by molar-refractivity contribution is 7.13. The van der Waals surface area contributed by atoms with Crippen LogP contribution in [-0.4, -0.2) is 10.9 Å². The van der Waals surface area contributed by atoms with Crippen molar-refractivity contribution in [2.75, 3.05) is 5.73 Å². The predicted octanol–water partition coefficient (Wildman–Crippen LogP) is 6.32. The zero-order chi connectivity index (χ0) is 24.5. The molecule has 2 heterocycles. The lowest BCUT2D eigenvalue weighted by Gasteiger charge is -2.21. The third kappa shape index (κ3) is 4.74. The summed E-state index contributed by atoms with van der Waals surface area (Å²) in [6.45, 7) is 1.48. The lowest BCUT2D eigenvalue weighted by Crippen LogP contribution is -2.17. The summed E-state index contributed by atoms with van der Waals surface area (Å²) >= 11 is 1.55. The standard InChI is InChI=1S/C25H20F3N3O2S/c1-14(17-5-2-3-6-20(17)25(26,27)28)33-21-12-15(8-9-18(21)24(30)32)19-11-16(13-31-23(19)29)22-7-4-10-34-22/h2-14H,1H3,(H2,29,31)(H2,30,32). The predicted molar refractivity (Wildman–Crippen MR) is 126 cm³/mol. The second-order valence-electron chi connectivity index (χ2n) is 7.55. The SMILES string of the molecule is CC(Oc1cc(-c2cc(-c3cccs3)cnc2N)ccc1C(N)=O)c1ccccc1C(F)(F)F. The second kappa shape index (κ2) is 9.18. The van der Waals surface area contributed by atoms with Crippen molar-refractivity contribution in [2.45, 2.75) is 19.2 Å². The molecule has 5 nitrogen and oxygen atoms in total. The number of halogens is 3. The summed E-state index contributed by atoms with van der Waals surface area (Å²) in [6.07, 6.45) is -3.90. The van der Waals surface area contributed by atoms with E-state index >= 15 is 0 Å². The van der Waals surface area contributed by atoms with Crippen molar-refractivity contribution < 1.29 is 22.7 Å². The van der Waals surface area contributed by atoms with Crippen LogP contribution in [0, 0.1) is 0 Å². The molecule has 0 fully saturated rings. The van der Waals surface area contributed by atoms with Crippen molar-refractivity contribution in [3.05, 3.63) is 88.9 Å². The van der Waals surface area contributed by atoms with Crippen LogP contribution in [0.1, 0.15) is 34.5 Å². The number of rotatable bonds is 6. The van der Waals surface area contributed by atoms with Gasteiger partial charge in [0.2, 0.25) is 0 Å². The average Bonchev–Trinajstić information content (AvgIpc) is 3.33.